The van der Waals surface area contributed by atoms with Crippen LogP contribution in [0.2, 0.25) is 0 Å². The topological polar surface area (TPSA) is 55.0 Å². The number of aliphatic imine (C=N–C) groups is 1. The van der Waals surface area contributed by atoms with Gasteiger partial charge in [-0.2, -0.15) is 0 Å². The van der Waals surface area contributed by atoms with Crippen LogP contribution in [0.5, 0.6) is 0 Å². The Labute approximate surface area is 217 Å². The molecular weight excluding hydrogens is 524 g/mol. The standard InChI is InChI=1S/C28H25BrN2O3S/c1-2-33-28(32)26-23-13-14-31(17-19-7-4-3-5-8-19)18-25(23)35-27(26)30-16-22-11-12-24(34-22)20-9-6-10-21(29)15-20/h3-12,15-16H,2,13-14,17-18H2,1H3. The van der Waals surface area contributed by atoms with Gasteiger partial charge in [-0.15, -0.1) is 11.3 Å². The van der Waals surface area contributed by atoms with Crippen LogP contribution in [0.4, 0.5) is 5.00 Å². The molecule has 1 aliphatic heterocycles. The Hall–Kier alpha value is -3.00. The molecule has 178 valence electrons. The van der Waals surface area contributed by atoms with Crippen molar-refractivity contribution < 1.29 is 13.9 Å². The molecule has 2 aromatic carbocycles. The Bertz CT molecular complexity index is 1360. The summed E-state index contributed by atoms with van der Waals surface area (Å²) in [5, 5.41) is 0.676. The van der Waals surface area contributed by atoms with Crippen molar-refractivity contribution in [2.24, 2.45) is 4.99 Å². The van der Waals surface area contributed by atoms with Crippen LogP contribution in [0.1, 0.15) is 39.0 Å². The van der Waals surface area contributed by atoms with Gasteiger partial charge in [0.15, 0.2) is 0 Å². The summed E-state index contributed by atoms with van der Waals surface area (Å²) in [6.07, 6.45) is 2.49. The molecule has 0 unspecified atom stereocenters. The zero-order chi connectivity index (χ0) is 24.2. The van der Waals surface area contributed by atoms with Gasteiger partial charge in [0.2, 0.25) is 0 Å². The molecular formula is C28H25BrN2O3S. The third-order valence-electron chi connectivity index (χ3n) is 5.89. The van der Waals surface area contributed by atoms with E-state index in [1.165, 1.54) is 10.4 Å². The summed E-state index contributed by atoms with van der Waals surface area (Å²) in [6.45, 7) is 4.73. The number of halogens is 1. The van der Waals surface area contributed by atoms with Gasteiger partial charge in [0.05, 0.1) is 18.4 Å². The van der Waals surface area contributed by atoms with Crippen LogP contribution in [-0.2, 0) is 24.2 Å². The Morgan fingerprint density at radius 2 is 2.03 bits per heavy atom. The Kier molecular flexibility index (Phi) is 7.27. The molecule has 0 saturated heterocycles. The number of hydrogen-bond acceptors (Lipinski definition) is 6. The van der Waals surface area contributed by atoms with Crippen molar-refractivity contribution in [2.75, 3.05) is 13.2 Å². The molecule has 35 heavy (non-hydrogen) atoms. The fraction of sp³-hybridized carbons (Fsp3) is 0.214. The summed E-state index contributed by atoms with van der Waals surface area (Å²) in [5.41, 5.74) is 3.94. The second-order valence-corrected chi connectivity index (χ2v) is 10.3. The number of fused-ring (bicyclic) bond motifs is 1. The Morgan fingerprint density at radius 1 is 1.17 bits per heavy atom. The fourth-order valence-electron chi connectivity index (χ4n) is 4.26. The first-order valence-electron chi connectivity index (χ1n) is 11.6. The molecule has 7 heteroatoms. The monoisotopic (exact) mass is 548 g/mol. The van der Waals surface area contributed by atoms with Crippen LogP contribution in [-0.4, -0.2) is 30.2 Å². The van der Waals surface area contributed by atoms with E-state index in [4.69, 9.17) is 9.15 Å². The quantitative estimate of drug-likeness (QED) is 0.180. The summed E-state index contributed by atoms with van der Waals surface area (Å²) >= 11 is 5.06. The molecule has 5 rings (SSSR count). The lowest BCUT2D eigenvalue weighted by atomic mass is 10.0. The average molecular weight is 549 g/mol. The molecule has 0 aliphatic carbocycles. The number of carbonyl (C=O) groups excluding carboxylic acids is 1. The lowest BCUT2D eigenvalue weighted by molar-refractivity contribution is 0.0526. The molecule has 0 bridgehead atoms. The van der Waals surface area contributed by atoms with Crippen molar-refractivity contribution in [3.8, 4) is 11.3 Å². The highest BCUT2D eigenvalue weighted by Crippen LogP contribution is 2.40. The van der Waals surface area contributed by atoms with Crippen LogP contribution in [0.25, 0.3) is 11.3 Å². The second-order valence-electron chi connectivity index (χ2n) is 8.32. The second kappa shape index (κ2) is 10.7. The molecule has 5 nitrogen and oxygen atoms in total. The zero-order valence-electron chi connectivity index (χ0n) is 19.4. The maximum absolute atomic E-state index is 12.9. The predicted octanol–water partition coefficient (Wildman–Crippen LogP) is 7.26. The molecule has 0 saturated carbocycles. The third-order valence-corrected chi connectivity index (χ3v) is 7.51. The molecule has 0 amide bonds. The van der Waals surface area contributed by atoms with Crippen molar-refractivity contribution in [2.45, 2.75) is 26.4 Å². The number of furan rings is 1. The van der Waals surface area contributed by atoms with E-state index in [0.717, 1.165) is 47.4 Å². The molecule has 0 atom stereocenters. The summed E-state index contributed by atoms with van der Waals surface area (Å²) < 4.78 is 12.4. The Balaban J connectivity index is 1.40. The summed E-state index contributed by atoms with van der Waals surface area (Å²) in [7, 11) is 0. The zero-order valence-corrected chi connectivity index (χ0v) is 21.8. The maximum atomic E-state index is 12.9. The fourth-order valence-corrected chi connectivity index (χ4v) is 5.89. The molecule has 4 aromatic rings. The summed E-state index contributed by atoms with van der Waals surface area (Å²) in [4.78, 5) is 21.1. The highest BCUT2D eigenvalue weighted by molar-refractivity contribution is 9.10. The molecule has 0 radical (unpaired) electrons. The number of ether oxygens (including phenoxy) is 1. The van der Waals surface area contributed by atoms with E-state index in [0.29, 0.717) is 22.9 Å². The normalized spacial score (nSPS) is 13.8. The molecule has 0 spiro atoms. The minimum Gasteiger partial charge on any atom is -0.462 e. The van der Waals surface area contributed by atoms with Gasteiger partial charge in [-0.1, -0.05) is 58.4 Å². The molecule has 0 fully saturated rings. The third kappa shape index (κ3) is 5.48. The summed E-state index contributed by atoms with van der Waals surface area (Å²) in [5.74, 6) is 1.09. The van der Waals surface area contributed by atoms with Gasteiger partial charge >= 0.3 is 5.97 Å². The first kappa shape index (κ1) is 23.7. The smallest absolute Gasteiger partial charge is 0.341 e. The van der Waals surface area contributed by atoms with Gasteiger partial charge < -0.3 is 9.15 Å². The van der Waals surface area contributed by atoms with Crippen molar-refractivity contribution in [3.05, 3.63) is 98.5 Å². The Morgan fingerprint density at radius 3 is 2.83 bits per heavy atom. The van der Waals surface area contributed by atoms with E-state index >= 15 is 0 Å². The lowest BCUT2D eigenvalue weighted by Gasteiger charge is -2.27. The highest BCUT2D eigenvalue weighted by atomic mass is 79.9. The molecule has 3 heterocycles. The van der Waals surface area contributed by atoms with Gasteiger partial charge in [0.1, 0.15) is 16.5 Å². The minimum atomic E-state index is -0.303. The largest absolute Gasteiger partial charge is 0.462 e. The van der Waals surface area contributed by atoms with E-state index in [2.05, 4.69) is 50.1 Å². The highest BCUT2D eigenvalue weighted by Gasteiger charge is 2.28. The molecule has 1 aliphatic rings. The van der Waals surface area contributed by atoms with Gasteiger partial charge in [-0.25, -0.2) is 9.79 Å². The summed E-state index contributed by atoms with van der Waals surface area (Å²) in [6, 6.07) is 22.2. The average Bonchev–Trinajstić information content (AvgIpc) is 3.48. The number of thiophene rings is 1. The first-order chi connectivity index (χ1) is 17.1. The van der Waals surface area contributed by atoms with Crippen molar-refractivity contribution >= 4 is 44.5 Å². The van der Waals surface area contributed by atoms with Crippen LogP contribution in [0.3, 0.4) is 0 Å². The van der Waals surface area contributed by atoms with E-state index in [1.807, 2.05) is 49.4 Å². The SMILES string of the molecule is CCOC(=O)c1c(N=Cc2ccc(-c3cccc(Br)c3)o2)sc2c1CCN(Cc1ccccc1)C2. The van der Waals surface area contributed by atoms with Gasteiger partial charge in [0, 0.05) is 34.5 Å². The number of esters is 1. The van der Waals surface area contributed by atoms with E-state index < -0.39 is 0 Å². The molecule has 2 aromatic heterocycles. The van der Waals surface area contributed by atoms with Gasteiger partial charge in [-0.3, -0.25) is 4.90 Å². The van der Waals surface area contributed by atoms with E-state index in [-0.39, 0.29) is 5.97 Å². The van der Waals surface area contributed by atoms with Gasteiger partial charge in [0.25, 0.3) is 0 Å². The molecule has 0 N–H and O–H groups in total. The van der Waals surface area contributed by atoms with E-state index in [1.54, 1.807) is 17.6 Å². The van der Waals surface area contributed by atoms with Crippen molar-refractivity contribution in [1.29, 1.82) is 0 Å². The number of nitrogens with zero attached hydrogens (tertiary/aromatic N) is 2. The van der Waals surface area contributed by atoms with Crippen LogP contribution >= 0.6 is 27.3 Å². The number of carbonyl (C=O) groups is 1. The maximum Gasteiger partial charge on any atom is 0.341 e. The van der Waals surface area contributed by atoms with Crippen molar-refractivity contribution in [3.63, 3.8) is 0 Å². The first-order valence-corrected chi connectivity index (χ1v) is 13.2. The number of hydrogen-bond donors (Lipinski definition) is 0. The van der Waals surface area contributed by atoms with E-state index in [9.17, 15) is 4.79 Å². The lowest BCUT2D eigenvalue weighted by Crippen LogP contribution is -2.29. The van der Waals surface area contributed by atoms with Crippen LogP contribution < -0.4 is 0 Å². The predicted molar refractivity (Wildman–Crippen MR) is 144 cm³/mol. The van der Waals surface area contributed by atoms with Crippen LogP contribution in [0.15, 0.2) is 80.6 Å². The number of benzene rings is 2. The van der Waals surface area contributed by atoms with Crippen LogP contribution in [0, 0.1) is 0 Å². The number of rotatable bonds is 7. The minimum absolute atomic E-state index is 0.303. The van der Waals surface area contributed by atoms with Crippen molar-refractivity contribution in [1.82, 2.24) is 4.90 Å². The van der Waals surface area contributed by atoms with Gasteiger partial charge in [-0.05, 0) is 48.7 Å².